The van der Waals surface area contributed by atoms with Crippen LogP contribution in [0.15, 0.2) is 48.5 Å². The molecule has 0 amide bonds. The second-order valence-electron chi connectivity index (χ2n) is 7.23. The molecule has 0 saturated carbocycles. The Morgan fingerprint density at radius 2 is 1.15 bits per heavy atom. The molecule has 0 aliphatic carbocycles. The number of hydrogen-bond donors (Lipinski definition) is 2. The molecule has 0 radical (unpaired) electrons. The molecule has 4 rings (SSSR count). The smallest absolute Gasteiger partial charge is 0.121 e. The van der Waals surface area contributed by atoms with Crippen LogP contribution in [0.25, 0.3) is 22.1 Å². The lowest BCUT2D eigenvalue weighted by molar-refractivity contribution is 0.264. The largest absolute Gasteiger partial charge is 0.341 e. The zero-order valence-corrected chi connectivity index (χ0v) is 15.9. The number of nitrogens with zero attached hydrogens (tertiary/aromatic N) is 4. The van der Waals surface area contributed by atoms with Gasteiger partial charge in [0.15, 0.2) is 0 Å². The minimum Gasteiger partial charge on any atom is -0.341 e. The quantitative estimate of drug-likeness (QED) is 0.504. The highest BCUT2D eigenvalue weighted by Gasteiger charge is 2.08. The van der Waals surface area contributed by atoms with Crippen LogP contribution < -0.4 is 0 Å². The first-order chi connectivity index (χ1) is 13.2. The number of benzene rings is 2. The first-order valence-corrected chi connectivity index (χ1v) is 9.42. The van der Waals surface area contributed by atoms with Gasteiger partial charge in [0.2, 0.25) is 0 Å². The molecule has 140 valence electrons. The molecule has 2 N–H and O–H groups in total. The van der Waals surface area contributed by atoms with Crippen molar-refractivity contribution in [3.05, 3.63) is 60.2 Å². The van der Waals surface area contributed by atoms with Gasteiger partial charge in [0.05, 0.1) is 35.2 Å². The maximum Gasteiger partial charge on any atom is 0.121 e. The zero-order valence-electron chi connectivity index (χ0n) is 15.9. The zero-order chi connectivity index (χ0) is 18.6. The third-order valence-corrected chi connectivity index (χ3v) is 4.80. The Kier molecular flexibility index (Phi) is 5.18. The van der Waals surface area contributed by atoms with E-state index in [4.69, 9.17) is 0 Å². The molecule has 6 nitrogen and oxygen atoms in total. The number of para-hydroxylation sites is 4. The molecule has 0 bridgehead atoms. The first-order valence-electron chi connectivity index (χ1n) is 9.42. The molecule has 0 spiro atoms. The van der Waals surface area contributed by atoms with Gasteiger partial charge >= 0.3 is 0 Å². The van der Waals surface area contributed by atoms with Crippen LogP contribution in [0, 0.1) is 0 Å². The fourth-order valence-electron chi connectivity index (χ4n) is 3.44. The van der Waals surface area contributed by atoms with Crippen molar-refractivity contribution in [2.45, 2.75) is 19.5 Å². The van der Waals surface area contributed by atoms with E-state index in [1.165, 1.54) is 0 Å². The topological polar surface area (TPSA) is 63.8 Å². The van der Waals surface area contributed by atoms with E-state index in [2.05, 4.69) is 56.0 Å². The fraction of sp³-hybridized carbons (Fsp3) is 0.333. The van der Waals surface area contributed by atoms with E-state index in [1.54, 1.807) is 0 Å². The molecule has 27 heavy (non-hydrogen) atoms. The van der Waals surface area contributed by atoms with Gasteiger partial charge in [0, 0.05) is 0 Å². The van der Waals surface area contributed by atoms with Gasteiger partial charge in [-0.05, 0) is 57.9 Å². The minimum absolute atomic E-state index is 0.835. The van der Waals surface area contributed by atoms with Crippen molar-refractivity contribution in [2.75, 3.05) is 27.2 Å². The summed E-state index contributed by atoms with van der Waals surface area (Å²) in [5, 5.41) is 0. The van der Waals surface area contributed by atoms with Crippen molar-refractivity contribution < 1.29 is 0 Å². The van der Waals surface area contributed by atoms with Crippen molar-refractivity contribution in [1.29, 1.82) is 0 Å². The molecule has 4 aromatic rings. The van der Waals surface area contributed by atoms with Crippen molar-refractivity contribution in [2.24, 2.45) is 0 Å². The Morgan fingerprint density at radius 1 is 0.704 bits per heavy atom. The second-order valence-corrected chi connectivity index (χ2v) is 7.23. The molecule has 2 aromatic carbocycles. The lowest BCUT2D eigenvalue weighted by Crippen LogP contribution is -2.26. The summed E-state index contributed by atoms with van der Waals surface area (Å²) in [7, 11) is 4.29. The van der Waals surface area contributed by atoms with Crippen molar-refractivity contribution >= 4 is 22.1 Å². The van der Waals surface area contributed by atoms with E-state index in [9.17, 15) is 0 Å². The maximum absolute atomic E-state index is 4.65. The summed E-state index contributed by atoms with van der Waals surface area (Å²) >= 11 is 0. The molecule has 0 fully saturated rings. The molecular weight excluding hydrogens is 336 g/mol. The summed E-state index contributed by atoms with van der Waals surface area (Å²) in [4.78, 5) is 20.7. The molecule has 0 aliphatic heterocycles. The summed E-state index contributed by atoms with van der Waals surface area (Å²) in [6.07, 6.45) is 1.10. The van der Waals surface area contributed by atoms with Gasteiger partial charge in [0.25, 0.3) is 0 Å². The van der Waals surface area contributed by atoms with E-state index in [1.807, 2.05) is 36.4 Å². The highest BCUT2D eigenvalue weighted by atomic mass is 15.1. The predicted molar refractivity (Wildman–Crippen MR) is 109 cm³/mol. The summed E-state index contributed by atoms with van der Waals surface area (Å²) in [5.41, 5.74) is 4.27. The first kappa shape index (κ1) is 17.7. The Morgan fingerprint density at radius 3 is 1.59 bits per heavy atom. The van der Waals surface area contributed by atoms with Crippen molar-refractivity contribution in [1.82, 2.24) is 29.7 Å². The van der Waals surface area contributed by atoms with Crippen molar-refractivity contribution in [3.63, 3.8) is 0 Å². The average Bonchev–Trinajstić information content (AvgIpc) is 3.23. The second kappa shape index (κ2) is 7.90. The molecular formula is C21H26N6. The van der Waals surface area contributed by atoms with Crippen LogP contribution in [0.5, 0.6) is 0 Å². The van der Waals surface area contributed by atoms with Gasteiger partial charge < -0.3 is 9.97 Å². The van der Waals surface area contributed by atoms with Crippen LogP contribution in [0.2, 0.25) is 0 Å². The number of aromatic nitrogens is 4. The van der Waals surface area contributed by atoms with Crippen LogP contribution in [0.1, 0.15) is 18.1 Å². The highest BCUT2D eigenvalue weighted by Crippen LogP contribution is 2.12. The third kappa shape index (κ3) is 4.35. The predicted octanol–water partition coefficient (Wildman–Crippen LogP) is 3.39. The Bertz CT molecular complexity index is 870. The number of hydrogen-bond acceptors (Lipinski definition) is 4. The summed E-state index contributed by atoms with van der Waals surface area (Å²) in [6, 6.07) is 16.3. The van der Waals surface area contributed by atoms with Gasteiger partial charge in [-0.3, -0.25) is 9.80 Å². The van der Waals surface area contributed by atoms with Crippen LogP contribution in [-0.2, 0) is 13.1 Å². The van der Waals surface area contributed by atoms with E-state index >= 15 is 0 Å². The summed E-state index contributed by atoms with van der Waals surface area (Å²) in [5.74, 6) is 2.05. The SMILES string of the molecule is CN(CCCN(C)Cc1nc2ccccc2[nH]1)Cc1nc2ccccc2[nH]1. The van der Waals surface area contributed by atoms with Gasteiger partial charge in [0.1, 0.15) is 11.6 Å². The number of imidazole rings is 2. The Hall–Kier alpha value is -2.70. The van der Waals surface area contributed by atoms with Gasteiger partial charge in [-0.25, -0.2) is 9.97 Å². The monoisotopic (exact) mass is 362 g/mol. The third-order valence-electron chi connectivity index (χ3n) is 4.80. The fourth-order valence-corrected chi connectivity index (χ4v) is 3.44. The minimum atomic E-state index is 0.835. The number of aromatic amines is 2. The lowest BCUT2D eigenvalue weighted by atomic mass is 10.3. The number of fused-ring (bicyclic) bond motifs is 2. The number of rotatable bonds is 8. The van der Waals surface area contributed by atoms with Gasteiger partial charge in [-0.2, -0.15) is 0 Å². The summed E-state index contributed by atoms with van der Waals surface area (Å²) < 4.78 is 0. The Balaban J connectivity index is 1.23. The van der Waals surface area contributed by atoms with E-state index in [0.29, 0.717) is 0 Å². The highest BCUT2D eigenvalue weighted by molar-refractivity contribution is 5.75. The molecule has 0 aliphatic rings. The van der Waals surface area contributed by atoms with Crippen LogP contribution in [0.4, 0.5) is 0 Å². The van der Waals surface area contributed by atoms with Gasteiger partial charge in [-0.1, -0.05) is 24.3 Å². The van der Waals surface area contributed by atoms with Crippen LogP contribution in [-0.4, -0.2) is 56.9 Å². The maximum atomic E-state index is 4.65. The van der Waals surface area contributed by atoms with Crippen LogP contribution >= 0.6 is 0 Å². The molecule has 6 heteroatoms. The molecule has 0 atom stereocenters. The summed E-state index contributed by atoms with van der Waals surface area (Å²) in [6.45, 7) is 3.73. The molecule has 0 unspecified atom stereocenters. The number of nitrogens with one attached hydrogen (secondary N) is 2. The molecule has 0 saturated heterocycles. The average molecular weight is 362 g/mol. The number of H-pyrrole nitrogens is 2. The van der Waals surface area contributed by atoms with E-state index in [0.717, 1.165) is 66.3 Å². The molecule has 2 aromatic heterocycles. The Labute approximate surface area is 159 Å². The van der Waals surface area contributed by atoms with E-state index in [-0.39, 0.29) is 0 Å². The van der Waals surface area contributed by atoms with E-state index < -0.39 is 0 Å². The van der Waals surface area contributed by atoms with Crippen molar-refractivity contribution in [3.8, 4) is 0 Å². The molecule has 2 heterocycles. The normalized spacial score (nSPS) is 12.0. The van der Waals surface area contributed by atoms with Crippen LogP contribution in [0.3, 0.4) is 0 Å². The lowest BCUT2D eigenvalue weighted by Gasteiger charge is -2.19. The van der Waals surface area contributed by atoms with Gasteiger partial charge in [-0.15, -0.1) is 0 Å². The standard InChI is InChI=1S/C21H26N6/c1-26(14-20-22-16-8-3-4-9-17(16)23-20)12-7-13-27(2)15-21-24-18-10-5-6-11-19(18)25-21/h3-6,8-11H,7,12-15H2,1-2H3,(H,22,23)(H,24,25).